The fraction of sp³-hybridized carbons (Fsp3) is 0.222. The second-order valence-corrected chi connectivity index (χ2v) is 6.36. The number of rotatable bonds is 3. The van der Waals surface area contributed by atoms with E-state index in [1.165, 1.54) is 18.4 Å². The summed E-state index contributed by atoms with van der Waals surface area (Å²) in [5.74, 6) is 0.781. The van der Waals surface area contributed by atoms with Gasteiger partial charge in [0, 0.05) is 12.6 Å². The summed E-state index contributed by atoms with van der Waals surface area (Å²) in [7, 11) is 5.02. The lowest BCUT2D eigenvalue weighted by molar-refractivity contribution is 0.0997. The van der Waals surface area contributed by atoms with Gasteiger partial charge in [-0.2, -0.15) is 4.99 Å². The van der Waals surface area contributed by atoms with E-state index in [9.17, 15) is 4.79 Å². The van der Waals surface area contributed by atoms with Crippen molar-refractivity contribution in [2.45, 2.75) is 6.92 Å². The van der Waals surface area contributed by atoms with Crippen molar-refractivity contribution in [3.63, 3.8) is 0 Å². The molecule has 2 aromatic carbocycles. The van der Waals surface area contributed by atoms with Crippen molar-refractivity contribution in [2.24, 2.45) is 12.0 Å². The third-order valence-corrected chi connectivity index (χ3v) is 4.95. The lowest BCUT2D eigenvalue weighted by Crippen LogP contribution is -2.13. The summed E-state index contributed by atoms with van der Waals surface area (Å²) in [6.07, 6.45) is 0. The van der Waals surface area contributed by atoms with Crippen LogP contribution >= 0.6 is 11.3 Å². The zero-order valence-corrected chi connectivity index (χ0v) is 14.8. The molecule has 0 saturated heterocycles. The highest BCUT2D eigenvalue weighted by atomic mass is 32.1. The van der Waals surface area contributed by atoms with Crippen LogP contribution < -0.4 is 14.3 Å². The summed E-state index contributed by atoms with van der Waals surface area (Å²) < 4.78 is 13.5. The number of aromatic nitrogens is 1. The van der Waals surface area contributed by atoms with Crippen LogP contribution in [0.15, 0.2) is 41.4 Å². The predicted octanol–water partition coefficient (Wildman–Crippen LogP) is 3.31. The van der Waals surface area contributed by atoms with Crippen molar-refractivity contribution in [1.29, 1.82) is 0 Å². The quantitative estimate of drug-likeness (QED) is 0.734. The van der Waals surface area contributed by atoms with Gasteiger partial charge in [0.2, 0.25) is 0 Å². The molecule has 0 unspecified atom stereocenters. The Kier molecular flexibility index (Phi) is 4.40. The molecule has 1 heterocycles. The van der Waals surface area contributed by atoms with Gasteiger partial charge in [-0.1, -0.05) is 23.5 Å². The lowest BCUT2D eigenvalue weighted by atomic mass is 10.2. The van der Waals surface area contributed by atoms with E-state index in [1.807, 2.05) is 23.7 Å². The molecule has 0 radical (unpaired) electrons. The van der Waals surface area contributed by atoms with Crippen LogP contribution in [0.2, 0.25) is 0 Å². The molecule has 0 atom stereocenters. The number of aryl methyl sites for hydroxylation is 2. The van der Waals surface area contributed by atoms with Crippen molar-refractivity contribution >= 4 is 27.5 Å². The highest BCUT2D eigenvalue weighted by Gasteiger charge is 2.11. The SMILES string of the molecule is COc1ccc(C(=O)N=c2sc3cccc(C)c3n2C)cc1OC. The molecule has 1 aromatic heterocycles. The molecule has 0 bridgehead atoms. The van der Waals surface area contributed by atoms with Gasteiger partial charge in [0.25, 0.3) is 5.91 Å². The van der Waals surface area contributed by atoms with Gasteiger partial charge < -0.3 is 14.0 Å². The van der Waals surface area contributed by atoms with E-state index in [0.717, 1.165) is 15.8 Å². The Morgan fingerprint density at radius 3 is 2.54 bits per heavy atom. The third kappa shape index (κ3) is 2.80. The number of thiazole rings is 1. The number of benzene rings is 2. The van der Waals surface area contributed by atoms with Gasteiger partial charge in [-0.15, -0.1) is 0 Å². The maximum absolute atomic E-state index is 12.5. The Balaban J connectivity index is 2.07. The lowest BCUT2D eigenvalue weighted by Gasteiger charge is -2.07. The molecule has 6 heteroatoms. The van der Waals surface area contributed by atoms with Crippen LogP contribution in [0.1, 0.15) is 15.9 Å². The first-order valence-corrected chi connectivity index (χ1v) is 8.23. The first kappa shape index (κ1) is 16.3. The summed E-state index contributed by atoms with van der Waals surface area (Å²) in [5, 5.41) is 0. The standard InChI is InChI=1S/C18H18N2O3S/c1-11-6-5-7-15-16(11)20(2)18(24-15)19-17(21)12-8-9-13(22-3)14(10-12)23-4/h5-10H,1-4H3. The number of para-hydroxylation sites is 1. The summed E-state index contributed by atoms with van der Waals surface area (Å²) in [6.45, 7) is 2.05. The first-order chi connectivity index (χ1) is 11.5. The molecule has 3 rings (SSSR count). The summed E-state index contributed by atoms with van der Waals surface area (Å²) in [5.41, 5.74) is 2.72. The molecule has 0 aliphatic heterocycles. The van der Waals surface area contributed by atoms with Crippen LogP contribution in [0.25, 0.3) is 10.2 Å². The van der Waals surface area contributed by atoms with Crippen LogP contribution in [0, 0.1) is 6.92 Å². The molecular formula is C18H18N2O3S. The van der Waals surface area contributed by atoms with Gasteiger partial charge in [-0.25, -0.2) is 0 Å². The maximum atomic E-state index is 12.5. The second-order valence-electron chi connectivity index (χ2n) is 5.35. The molecule has 0 spiro atoms. The van der Waals surface area contributed by atoms with Crippen molar-refractivity contribution in [2.75, 3.05) is 14.2 Å². The number of nitrogens with zero attached hydrogens (tertiary/aromatic N) is 2. The minimum Gasteiger partial charge on any atom is -0.493 e. The Morgan fingerprint density at radius 2 is 1.88 bits per heavy atom. The van der Waals surface area contributed by atoms with E-state index in [-0.39, 0.29) is 5.91 Å². The van der Waals surface area contributed by atoms with E-state index in [1.54, 1.807) is 25.3 Å². The van der Waals surface area contributed by atoms with Crippen LogP contribution in [-0.2, 0) is 7.05 Å². The monoisotopic (exact) mass is 342 g/mol. The zero-order valence-electron chi connectivity index (χ0n) is 14.0. The number of ether oxygens (including phenoxy) is 2. The Labute approximate surface area is 143 Å². The molecule has 3 aromatic rings. The van der Waals surface area contributed by atoms with Crippen LogP contribution in [0.3, 0.4) is 0 Å². The van der Waals surface area contributed by atoms with Crippen LogP contribution in [-0.4, -0.2) is 24.7 Å². The molecule has 5 nitrogen and oxygen atoms in total. The van der Waals surface area contributed by atoms with Gasteiger partial charge in [0.1, 0.15) is 0 Å². The van der Waals surface area contributed by atoms with Crippen molar-refractivity contribution in [3.8, 4) is 11.5 Å². The van der Waals surface area contributed by atoms with E-state index < -0.39 is 0 Å². The molecule has 124 valence electrons. The van der Waals surface area contributed by atoms with Gasteiger partial charge in [0.05, 0.1) is 24.4 Å². The van der Waals surface area contributed by atoms with Crippen LogP contribution in [0.5, 0.6) is 11.5 Å². The zero-order chi connectivity index (χ0) is 17.3. The summed E-state index contributed by atoms with van der Waals surface area (Å²) >= 11 is 1.50. The average molecular weight is 342 g/mol. The van der Waals surface area contributed by atoms with E-state index in [2.05, 4.69) is 18.0 Å². The number of hydrogen-bond donors (Lipinski definition) is 0. The fourth-order valence-corrected chi connectivity index (χ4v) is 3.72. The number of carbonyl (C=O) groups is 1. The number of fused-ring (bicyclic) bond motifs is 1. The minimum atomic E-state index is -0.309. The molecule has 0 fully saturated rings. The van der Waals surface area contributed by atoms with Crippen molar-refractivity contribution < 1.29 is 14.3 Å². The van der Waals surface area contributed by atoms with Gasteiger partial charge >= 0.3 is 0 Å². The fourth-order valence-electron chi connectivity index (χ4n) is 2.63. The topological polar surface area (TPSA) is 52.8 Å². The van der Waals surface area contributed by atoms with Crippen molar-refractivity contribution in [3.05, 3.63) is 52.3 Å². The van der Waals surface area contributed by atoms with Crippen molar-refractivity contribution in [1.82, 2.24) is 4.57 Å². The van der Waals surface area contributed by atoms with Gasteiger partial charge in [0.15, 0.2) is 16.3 Å². The number of carbonyl (C=O) groups excluding carboxylic acids is 1. The van der Waals surface area contributed by atoms with E-state index in [0.29, 0.717) is 21.9 Å². The molecule has 0 aliphatic carbocycles. The number of hydrogen-bond acceptors (Lipinski definition) is 4. The van der Waals surface area contributed by atoms with Gasteiger partial charge in [-0.05, 0) is 36.8 Å². The molecule has 0 aliphatic rings. The smallest absolute Gasteiger partial charge is 0.279 e. The van der Waals surface area contributed by atoms with E-state index in [4.69, 9.17) is 9.47 Å². The van der Waals surface area contributed by atoms with Crippen LogP contribution in [0.4, 0.5) is 0 Å². The normalized spacial score (nSPS) is 11.8. The number of methoxy groups -OCH3 is 2. The molecular weight excluding hydrogens is 324 g/mol. The Bertz CT molecular complexity index is 986. The Morgan fingerprint density at radius 1 is 1.12 bits per heavy atom. The highest BCUT2D eigenvalue weighted by Crippen LogP contribution is 2.27. The highest BCUT2D eigenvalue weighted by molar-refractivity contribution is 7.16. The maximum Gasteiger partial charge on any atom is 0.279 e. The Hall–Kier alpha value is -2.60. The summed E-state index contributed by atoms with van der Waals surface area (Å²) in [6, 6.07) is 11.1. The van der Waals surface area contributed by atoms with E-state index >= 15 is 0 Å². The number of amides is 1. The van der Waals surface area contributed by atoms with Gasteiger partial charge in [-0.3, -0.25) is 4.79 Å². The predicted molar refractivity (Wildman–Crippen MR) is 95.0 cm³/mol. The second kappa shape index (κ2) is 6.49. The molecule has 0 N–H and O–H groups in total. The minimum absolute atomic E-state index is 0.309. The third-order valence-electron chi connectivity index (χ3n) is 3.85. The average Bonchev–Trinajstić information content (AvgIpc) is 2.91. The largest absolute Gasteiger partial charge is 0.493 e. The molecule has 1 amide bonds. The first-order valence-electron chi connectivity index (χ1n) is 7.41. The molecule has 24 heavy (non-hydrogen) atoms. The summed E-state index contributed by atoms with van der Waals surface area (Å²) in [4.78, 5) is 17.5. The molecule has 0 saturated carbocycles.